The van der Waals surface area contributed by atoms with Crippen molar-refractivity contribution in [2.24, 2.45) is 0 Å². The number of furan rings is 2. The van der Waals surface area contributed by atoms with Crippen molar-refractivity contribution in [2.75, 3.05) is 0 Å². The van der Waals surface area contributed by atoms with E-state index in [1.165, 1.54) is 10.8 Å². The van der Waals surface area contributed by atoms with Crippen LogP contribution < -0.4 is 0 Å². The highest BCUT2D eigenvalue weighted by Gasteiger charge is 2.10. The third-order valence-electron chi connectivity index (χ3n) is 3.13. The van der Waals surface area contributed by atoms with Crippen molar-refractivity contribution < 1.29 is 8.83 Å². The molecule has 0 aliphatic carbocycles. The van der Waals surface area contributed by atoms with Crippen LogP contribution in [0, 0.1) is 0 Å². The number of fused-ring (bicyclic) bond motifs is 5. The van der Waals surface area contributed by atoms with Gasteiger partial charge in [-0.15, -0.1) is 0 Å². The molecule has 0 saturated heterocycles. The molecule has 2 nitrogen and oxygen atoms in total. The van der Waals surface area contributed by atoms with Crippen molar-refractivity contribution in [1.82, 2.24) is 0 Å². The van der Waals surface area contributed by atoms with E-state index < -0.39 is 0 Å². The Labute approximate surface area is 119 Å². The first-order chi connectivity index (χ1) is 8.72. The Morgan fingerprint density at radius 3 is 1.50 bits per heavy atom. The molecule has 88 valence electrons. The van der Waals surface area contributed by atoms with E-state index in [0.29, 0.717) is 0 Å². The van der Waals surface area contributed by atoms with Crippen LogP contribution in [0.1, 0.15) is 0 Å². The molecule has 0 unspecified atom stereocenters. The van der Waals surface area contributed by atoms with Gasteiger partial charge in [-0.3, -0.25) is 0 Å². The van der Waals surface area contributed by atoms with E-state index in [-0.39, 0.29) is 0 Å². The maximum absolute atomic E-state index is 5.58. The van der Waals surface area contributed by atoms with Crippen molar-refractivity contribution >= 4 is 64.6 Å². The van der Waals surface area contributed by atoms with Gasteiger partial charge in [-0.05, 0) is 79.0 Å². The molecular weight excluding hydrogens is 360 g/mol. The smallest absolute Gasteiger partial charge is 0.170 e. The topological polar surface area (TPSA) is 26.3 Å². The van der Waals surface area contributed by atoms with Gasteiger partial charge in [0.1, 0.15) is 11.2 Å². The Kier molecular flexibility index (Phi) is 2.14. The summed E-state index contributed by atoms with van der Waals surface area (Å²) in [5.74, 6) is 0. The van der Waals surface area contributed by atoms with Gasteiger partial charge in [-0.1, -0.05) is 0 Å². The number of halogens is 2. The lowest BCUT2D eigenvalue weighted by Crippen LogP contribution is -1.74. The zero-order valence-corrected chi connectivity index (χ0v) is 12.2. The van der Waals surface area contributed by atoms with Gasteiger partial charge in [0, 0.05) is 10.8 Å². The first kappa shape index (κ1) is 10.6. The number of hydrogen-bond acceptors (Lipinski definition) is 2. The van der Waals surface area contributed by atoms with Gasteiger partial charge in [0.05, 0.1) is 0 Å². The van der Waals surface area contributed by atoms with Crippen LogP contribution in [0.3, 0.4) is 0 Å². The summed E-state index contributed by atoms with van der Waals surface area (Å²) in [4.78, 5) is 0. The molecule has 0 aliphatic rings. The summed E-state index contributed by atoms with van der Waals surface area (Å²) in [5, 5.41) is 4.56. The largest absolute Gasteiger partial charge is 0.449 e. The third kappa shape index (κ3) is 1.39. The van der Waals surface area contributed by atoms with Gasteiger partial charge in [0.15, 0.2) is 9.34 Å². The highest BCUT2D eigenvalue weighted by molar-refractivity contribution is 9.10. The Bertz CT molecular complexity index is 826. The van der Waals surface area contributed by atoms with Gasteiger partial charge in [-0.2, -0.15) is 0 Å². The van der Waals surface area contributed by atoms with Crippen molar-refractivity contribution in [3.05, 3.63) is 45.7 Å². The lowest BCUT2D eigenvalue weighted by Gasteiger charge is -1.99. The van der Waals surface area contributed by atoms with Crippen molar-refractivity contribution in [2.45, 2.75) is 0 Å². The van der Waals surface area contributed by atoms with Crippen molar-refractivity contribution in [3.8, 4) is 0 Å². The fourth-order valence-electron chi connectivity index (χ4n) is 2.38. The van der Waals surface area contributed by atoms with Gasteiger partial charge in [0.2, 0.25) is 0 Å². The van der Waals surface area contributed by atoms with E-state index >= 15 is 0 Å². The SMILES string of the molecule is Brc1cc2c(ccc3c4cc(Br)oc4ccc23)o1. The van der Waals surface area contributed by atoms with E-state index in [2.05, 4.69) is 44.0 Å². The fraction of sp³-hybridized carbons (Fsp3) is 0. The van der Waals surface area contributed by atoms with Crippen LogP contribution in [-0.4, -0.2) is 0 Å². The van der Waals surface area contributed by atoms with E-state index in [4.69, 9.17) is 8.83 Å². The van der Waals surface area contributed by atoms with Crippen LogP contribution in [0.5, 0.6) is 0 Å². The molecule has 4 rings (SSSR count). The highest BCUT2D eigenvalue weighted by atomic mass is 79.9. The molecule has 2 heterocycles. The first-order valence-electron chi connectivity index (χ1n) is 5.42. The molecule has 2 aromatic heterocycles. The molecule has 0 bridgehead atoms. The van der Waals surface area contributed by atoms with E-state index in [9.17, 15) is 0 Å². The molecule has 0 radical (unpaired) electrons. The number of rotatable bonds is 0. The lowest BCUT2D eigenvalue weighted by molar-refractivity contribution is 0.587. The van der Waals surface area contributed by atoms with Crippen LogP contribution in [0.4, 0.5) is 0 Å². The van der Waals surface area contributed by atoms with Gasteiger partial charge in [0.25, 0.3) is 0 Å². The summed E-state index contributed by atoms with van der Waals surface area (Å²) in [6.45, 7) is 0. The Morgan fingerprint density at radius 1 is 0.611 bits per heavy atom. The Balaban J connectivity index is 2.29. The average molecular weight is 366 g/mol. The first-order valence-corrected chi connectivity index (χ1v) is 7.01. The summed E-state index contributed by atoms with van der Waals surface area (Å²) < 4.78 is 12.7. The molecule has 0 aliphatic heterocycles. The molecule has 0 fully saturated rings. The van der Waals surface area contributed by atoms with Crippen LogP contribution >= 0.6 is 31.9 Å². The van der Waals surface area contributed by atoms with Gasteiger partial charge >= 0.3 is 0 Å². The molecule has 2 aromatic carbocycles. The zero-order valence-electron chi connectivity index (χ0n) is 9.04. The predicted molar refractivity (Wildman–Crippen MR) is 78.9 cm³/mol. The van der Waals surface area contributed by atoms with Crippen molar-refractivity contribution in [1.29, 1.82) is 0 Å². The second kappa shape index (κ2) is 3.62. The molecule has 0 atom stereocenters. The molecular formula is C14H6Br2O2. The molecule has 4 aromatic rings. The van der Waals surface area contributed by atoms with E-state index in [0.717, 1.165) is 31.3 Å². The molecule has 0 spiro atoms. The minimum atomic E-state index is 0.749. The standard InChI is InChI=1S/C14H6Br2O2/c15-13-5-9-7-1-3-11-10(6-14(16)17-11)8(7)2-4-12(9)18-13/h1-6H. The highest BCUT2D eigenvalue weighted by Crippen LogP contribution is 2.36. The van der Waals surface area contributed by atoms with Crippen LogP contribution in [0.2, 0.25) is 0 Å². The van der Waals surface area contributed by atoms with E-state index in [1.807, 2.05) is 24.3 Å². The number of benzene rings is 2. The second-order valence-electron chi connectivity index (χ2n) is 4.15. The molecule has 18 heavy (non-hydrogen) atoms. The fourth-order valence-corrected chi connectivity index (χ4v) is 3.19. The minimum absolute atomic E-state index is 0.749. The monoisotopic (exact) mass is 364 g/mol. The maximum Gasteiger partial charge on any atom is 0.170 e. The summed E-state index contributed by atoms with van der Waals surface area (Å²) in [6.07, 6.45) is 0. The minimum Gasteiger partial charge on any atom is -0.449 e. The second-order valence-corrected chi connectivity index (χ2v) is 5.71. The van der Waals surface area contributed by atoms with Crippen molar-refractivity contribution in [3.63, 3.8) is 0 Å². The molecule has 0 saturated carbocycles. The average Bonchev–Trinajstić information content (AvgIpc) is 2.89. The Morgan fingerprint density at radius 2 is 1.06 bits per heavy atom. The quantitative estimate of drug-likeness (QED) is 0.390. The van der Waals surface area contributed by atoms with Crippen LogP contribution in [0.15, 0.2) is 54.6 Å². The van der Waals surface area contributed by atoms with Crippen LogP contribution in [-0.2, 0) is 0 Å². The number of hydrogen-bond donors (Lipinski definition) is 0. The summed E-state index contributed by atoms with van der Waals surface area (Å²) in [5.41, 5.74) is 1.77. The molecule has 4 heteroatoms. The van der Waals surface area contributed by atoms with Gasteiger partial charge in [-0.25, -0.2) is 0 Å². The third-order valence-corrected chi connectivity index (χ3v) is 3.92. The predicted octanol–water partition coefficient (Wildman–Crippen LogP) is 5.86. The maximum atomic E-state index is 5.58. The Hall–Kier alpha value is -1.26. The van der Waals surface area contributed by atoms with Gasteiger partial charge < -0.3 is 8.83 Å². The summed E-state index contributed by atoms with van der Waals surface area (Å²) >= 11 is 6.74. The lowest BCUT2D eigenvalue weighted by atomic mass is 10.0. The zero-order chi connectivity index (χ0) is 12.3. The summed E-state index contributed by atoms with van der Waals surface area (Å²) in [6, 6.07) is 12.1. The van der Waals surface area contributed by atoms with Crippen LogP contribution in [0.25, 0.3) is 32.7 Å². The van der Waals surface area contributed by atoms with E-state index in [1.54, 1.807) is 0 Å². The normalized spacial score (nSPS) is 11.9. The molecule has 0 amide bonds. The molecule has 0 N–H and O–H groups in total. The summed E-state index contributed by atoms with van der Waals surface area (Å²) in [7, 11) is 0.